The average molecular weight is 277 g/mol. The van der Waals surface area contributed by atoms with Crippen molar-refractivity contribution in [2.24, 2.45) is 0 Å². The summed E-state index contributed by atoms with van der Waals surface area (Å²) >= 11 is 6.21. The van der Waals surface area contributed by atoms with Gasteiger partial charge in [0.1, 0.15) is 12.4 Å². The molecule has 3 nitrogen and oxygen atoms in total. The zero-order valence-corrected chi connectivity index (χ0v) is 11.7. The first kappa shape index (κ1) is 13.8. The molecule has 0 bridgehead atoms. The number of pyridine rings is 1. The Balaban J connectivity index is 2.10. The fourth-order valence-electron chi connectivity index (χ4n) is 1.75. The first-order chi connectivity index (χ1) is 9.31. The molecule has 1 N–H and O–H groups in total. The van der Waals surface area contributed by atoms with Gasteiger partial charge in [-0.1, -0.05) is 30.7 Å². The molecule has 0 aliphatic heterocycles. The molecule has 19 heavy (non-hydrogen) atoms. The maximum absolute atomic E-state index is 6.21. The van der Waals surface area contributed by atoms with Crippen molar-refractivity contribution in [2.75, 3.05) is 6.54 Å². The zero-order chi connectivity index (χ0) is 13.5. The molecule has 0 radical (unpaired) electrons. The van der Waals surface area contributed by atoms with Crippen LogP contribution in [-0.4, -0.2) is 11.5 Å². The number of hydrogen-bond donors (Lipinski definition) is 1. The molecule has 1 aromatic heterocycles. The van der Waals surface area contributed by atoms with E-state index in [1.807, 2.05) is 30.3 Å². The van der Waals surface area contributed by atoms with Crippen LogP contribution in [0.3, 0.4) is 0 Å². The second-order valence-electron chi connectivity index (χ2n) is 4.15. The molecule has 4 heteroatoms. The van der Waals surface area contributed by atoms with Crippen molar-refractivity contribution in [1.29, 1.82) is 0 Å². The monoisotopic (exact) mass is 276 g/mol. The lowest BCUT2D eigenvalue weighted by atomic mass is 10.2. The van der Waals surface area contributed by atoms with Gasteiger partial charge in [0.05, 0.1) is 5.02 Å². The second kappa shape index (κ2) is 7.12. The largest absolute Gasteiger partial charge is 0.487 e. The van der Waals surface area contributed by atoms with E-state index in [-0.39, 0.29) is 0 Å². The summed E-state index contributed by atoms with van der Waals surface area (Å²) < 4.78 is 5.85. The third-order valence-corrected chi connectivity index (χ3v) is 3.04. The van der Waals surface area contributed by atoms with Gasteiger partial charge in [-0.15, -0.1) is 0 Å². The van der Waals surface area contributed by atoms with E-state index in [1.54, 1.807) is 12.4 Å². The predicted molar refractivity (Wildman–Crippen MR) is 77.4 cm³/mol. The third kappa shape index (κ3) is 3.94. The first-order valence-electron chi connectivity index (χ1n) is 6.31. The molecule has 2 aromatic rings. The summed E-state index contributed by atoms with van der Waals surface area (Å²) in [5.41, 5.74) is 2.15. The number of hydrogen-bond acceptors (Lipinski definition) is 3. The van der Waals surface area contributed by atoms with Gasteiger partial charge < -0.3 is 10.1 Å². The van der Waals surface area contributed by atoms with Gasteiger partial charge in [-0.25, -0.2) is 0 Å². The predicted octanol–water partition coefficient (Wildman–Crippen LogP) is 3.42. The van der Waals surface area contributed by atoms with E-state index in [1.165, 1.54) is 0 Å². The van der Waals surface area contributed by atoms with Crippen molar-refractivity contribution >= 4 is 11.6 Å². The van der Waals surface area contributed by atoms with Crippen LogP contribution in [-0.2, 0) is 13.2 Å². The summed E-state index contributed by atoms with van der Waals surface area (Å²) in [7, 11) is 0. The van der Waals surface area contributed by atoms with E-state index in [2.05, 4.69) is 17.2 Å². The lowest BCUT2D eigenvalue weighted by Crippen LogP contribution is -2.13. The minimum absolute atomic E-state index is 0.491. The van der Waals surface area contributed by atoms with Crippen LogP contribution in [0, 0.1) is 0 Å². The van der Waals surface area contributed by atoms with E-state index in [9.17, 15) is 0 Å². The van der Waals surface area contributed by atoms with Crippen molar-refractivity contribution in [1.82, 2.24) is 10.3 Å². The van der Waals surface area contributed by atoms with Crippen LogP contribution in [0.25, 0.3) is 0 Å². The van der Waals surface area contributed by atoms with Crippen LogP contribution in [0.15, 0.2) is 42.7 Å². The quantitative estimate of drug-likeness (QED) is 0.878. The number of para-hydroxylation sites is 1. The normalized spacial score (nSPS) is 10.4. The molecular weight excluding hydrogens is 260 g/mol. The number of benzene rings is 1. The molecule has 0 unspecified atom stereocenters. The molecule has 1 aromatic carbocycles. The Morgan fingerprint density at radius 1 is 1.21 bits per heavy atom. The molecule has 0 saturated heterocycles. The van der Waals surface area contributed by atoms with Gasteiger partial charge in [0.2, 0.25) is 0 Å². The zero-order valence-electron chi connectivity index (χ0n) is 10.9. The van der Waals surface area contributed by atoms with Crippen LogP contribution < -0.4 is 10.1 Å². The van der Waals surface area contributed by atoms with Crippen molar-refractivity contribution in [3.63, 3.8) is 0 Å². The highest BCUT2D eigenvalue weighted by molar-refractivity contribution is 6.32. The van der Waals surface area contributed by atoms with E-state index in [4.69, 9.17) is 16.3 Å². The van der Waals surface area contributed by atoms with Crippen molar-refractivity contribution in [3.05, 3.63) is 58.9 Å². The highest BCUT2D eigenvalue weighted by atomic mass is 35.5. The Labute approximate surface area is 118 Å². The number of ether oxygens (including phenoxy) is 1. The lowest BCUT2D eigenvalue weighted by molar-refractivity contribution is 0.302. The molecule has 0 fully saturated rings. The molecular formula is C15H17ClN2O. The van der Waals surface area contributed by atoms with Crippen LogP contribution in [0.2, 0.25) is 5.02 Å². The second-order valence-corrected chi connectivity index (χ2v) is 4.56. The van der Waals surface area contributed by atoms with Gasteiger partial charge in [-0.05, 0) is 30.3 Å². The highest BCUT2D eigenvalue weighted by Gasteiger charge is 2.08. The summed E-state index contributed by atoms with van der Waals surface area (Å²) in [5.74, 6) is 0.752. The summed E-state index contributed by atoms with van der Waals surface area (Å²) in [6.45, 7) is 4.23. The minimum Gasteiger partial charge on any atom is -0.487 e. The maximum Gasteiger partial charge on any atom is 0.142 e. The standard InChI is InChI=1S/C15H17ClN2O/c1-2-17-10-13-4-3-5-14(16)15(13)19-11-12-6-8-18-9-7-12/h3-9,17H,2,10-11H2,1H3. The number of aromatic nitrogens is 1. The molecule has 2 rings (SSSR count). The number of nitrogens with one attached hydrogen (secondary N) is 1. The molecule has 1 heterocycles. The molecule has 100 valence electrons. The lowest BCUT2D eigenvalue weighted by Gasteiger charge is -2.13. The topological polar surface area (TPSA) is 34.1 Å². The number of rotatable bonds is 6. The van der Waals surface area contributed by atoms with Gasteiger partial charge >= 0.3 is 0 Å². The van der Waals surface area contributed by atoms with Crippen LogP contribution in [0.1, 0.15) is 18.1 Å². The van der Waals surface area contributed by atoms with Gasteiger partial charge in [-0.2, -0.15) is 0 Å². The Hall–Kier alpha value is -1.58. The fraction of sp³-hybridized carbons (Fsp3) is 0.267. The molecule has 0 spiro atoms. The SMILES string of the molecule is CCNCc1cccc(Cl)c1OCc1ccncc1. The molecule has 0 amide bonds. The summed E-state index contributed by atoms with van der Waals surface area (Å²) in [5, 5.41) is 3.92. The van der Waals surface area contributed by atoms with Gasteiger partial charge in [-0.3, -0.25) is 4.98 Å². The van der Waals surface area contributed by atoms with Gasteiger partial charge in [0.15, 0.2) is 0 Å². The van der Waals surface area contributed by atoms with Crippen molar-refractivity contribution in [3.8, 4) is 5.75 Å². The van der Waals surface area contributed by atoms with E-state index in [0.717, 1.165) is 30.0 Å². The Morgan fingerprint density at radius 3 is 2.74 bits per heavy atom. The first-order valence-corrected chi connectivity index (χ1v) is 6.69. The molecule has 0 aliphatic carbocycles. The van der Waals surface area contributed by atoms with Crippen LogP contribution in [0.4, 0.5) is 0 Å². The highest BCUT2D eigenvalue weighted by Crippen LogP contribution is 2.29. The van der Waals surface area contributed by atoms with E-state index >= 15 is 0 Å². The van der Waals surface area contributed by atoms with Crippen LogP contribution >= 0.6 is 11.6 Å². The van der Waals surface area contributed by atoms with Crippen molar-refractivity contribution < 1.29 is 4.74 Å². The molecule has 0 aliphatic rings. The minimum atomic E-state index is 0.491. The van der Waals surface area contributed by atoms with E-state index in [0.29, 0.717) is 11.6 Å². The summed E-state index contributed by atoms with van der Waals surface area (Å²) in [4.78, 5) is 3.98. The summed E-state index contributed by atoms with van der Waals surface area (Å²) in [6, 6.07) is 9.67. The smallest absolute Gasteiger partial charge is 0.142 e. The third-order valence-electron chi connectivity index (χ3n) is 2.75. The molecule has 0 atom stereocenters. The average Bonchev–Trinajstić information content (AvgIpc) is 2.45. The summed E-state index contributed by atoms with van der Waals surface area (Å²) in [6.07, 6.45) is 3.51. The fourth-order valence-corrected chi connectivity index (χ4v) is 2.00. The van der Waals surface area contributed by atoms with Crippen molar-refractivity contribution in [2.45, 2.75) is 20.1 Å². The molecule has 0 saturated carbocycles. The Bertz CT molecular complexity index is 517. The Morgan fingerprint density at radius 2 is 2.00 bits per heavy atom. The Kier molecular flexibility index (Phi) is 5.19. The van der Waals surface area contributed by atoms with Gasteiger partial charge in [0, 0.05) is 24.5 Å². The number of nitrogens with zero attached hydrogens (tertiary/aromatic N) is 1. The van der Waals surface area contributed by atoms with E-state index < -0.39 is 0 Å². The number of halogens is 1. The van der Waals surface area contributed by atoms with Crippen LogP contribution in [0.5, 0.6) is 5.75 Å². The van der Waals surface area contributed by atoms with Gasteiger partial charge in [0.25, 0.3) is 0 Å². The maximum atomic E-state index is 6.21.